The van der Waals surface area contributed by atoms with Crippen molar-refractivity contribution in [3.8, 4) is 0 Å². The van der Waals surface area contributed by atoms with Gasteiger partial charge in [0.15, 0.2) is 0 Å². The number of hydrogen-bond acceptors (Lipinski definition) is 3. The number of nitrogens with one attached hydrogen (secondary N) is 1. The topological polar surface area (TPSA) is 42.0 Å². The molecule has 0 spiro atoms. The van der Waals surface area contributed by atoms with Gasteiger partial charge in [0, 0.05) is 11.4 Å². The van der Waals surface area contributed by atoms with E-state index in [2.05, 4.69) is 10.3 Å². The second-order valence-corrected chi connectivity index (χ2v) is 5.48. The van der Waals surface area contributed by atoms with Crippen LogP contribution in [-0.4, -0.2) is 10.9 Å². The minimum atomic E-state index is 0.0209. The zero-order valence-corrected chi connectivity index (χ0v) is 11.4. The van der Waals surface area contributed by atoms with Crippen molar-refractivity contribution in [1.82, 2.24) is 10.3 Å². The van der Waals surface area contributed by atoms with Gasteiger partial charge in [-0.15, -0.1) is 11.3 Å². The number of aryl methyl sites for hydroxylation is 2. The van der Waals surface area contributed by atoms with E-state index in [4.69, 9.17) is 0 Å². The summed E-state index contributed by atoms with van der Waals surface area (Å²) in [5.74, 6) is 0.0209. The van der Waals surface area contributed by atoms with E-state index < -0.39 is 0 Å². The van der Waals surface area contributed by atoms with Crippen LogP contribution in [0.4, 0.5) is 0 Å². The van der Waals surface area contributed by atoms with Gasteiger partial charge in [-0.25, -0.2) is 4.98 Å². The van der Waals surface area contributed by atoms with E-state index in [1.165, 1.54) is 4.88 Å². The first-order chi connectivity index (χ1) is 8.65. The molecular formula is C14H16N2OS. The third-order valence-electron chi connectivity index (χ3n) is 2.72. The maximum atomic E-state index is 11.8. The molecule has 4 heteroatoms. The Balaban J connectivity index is 1.86. The van der Waals surface area contributed by atoms with Crippen LogP contribution >= 0.6 is 11.3 Å². The summed E-state index contributed by atoms with van der Waals surface area (Å²) in [4.78, 5) is 17.3. The summed E-state index contributed by atoms with van der Waals surface area (Å²) < 4.78 is 0. The van der Waals surface area contributed by atoms with E-state index in [9.17, 15) is 4.79 Å². The lowest BCUT2D eigenvalue weighted by molar-refractivity contribution is -0.120. The zero-order chi connectivity index (χ0) is 13.0. The van der Waals surface area contributed by atoms with Crippen LogP contribution in [0.2, 0.25) is 0 Å². The average Bonchev–Trinajstić information content (AvgIpc) is 2.67. The first-order valence-corrected chi connectivity index (χ1v) is 6.70. The Kier molecular flexibility index (Phi) is 4.10. The number of carbonyl (C=O) groups is 1. The highest BCUT2D eigenvalue weighted by atomic mass is 32.1. The SMILES string of the molecule is Cc1nc(CC(=O)NCc2ccccc2)sc1C. The molecule has 0 aliphatic rings. The van der Waals surface area contributed by atoms with E-state index in [0.29, 0.717) is 13.0 Å². The predicted molar refractivity (Wildman–Crippen MR) is 73.6 cm³/mol. The molecule has 3 nitrogen and oxygen atoms in total. The first-order valence-electron chi connectivity index (χ1n) is 5.88. The Bertz CT molecular complexity index is 514. The van der Waals surface area contributed by atoms with Gasteiger partial charge in [0.05, 0.1) is 12.1 Å². The van der Waals surface area contributed by atoms with E-state index in [0.717, 1.165) is 16.3 Å². The molecule has 2 rings (SSSR count). The molecule has 0 unspecified atom stereocenters. The molecule has 0 aliphatic heterocycles. The highest BCUT2D eigenvalue weighted by Gasteiger charge is 2.08. The normalized spacial score (nSPS) is 10.3. The number of amides is 1. The molecule has 0 aliphatic carbocycles. The summed E-state index contributed by atoms with van der Waals surface area (Å²) in [5.41, 5.74) is 2.13. The highest BCUT2D eigenvalue weighted by molar-refractivity contribution is 7.11. The lowest BCUT2D eigenvalue weighted by atomic mass is 10.2. The van der Waals surface area contributed by atoms with Crippen molar-refractivity contribution < 1.29 is 4.79 Å². The van der Waals surface area contributed by atoms with Crippen molar-refractivity contribution in [2.75, 3.05) is 0 Å². The average molecular weight is 260 g/mol. The Morgan fingerprint density at radius 1 is 1.28 bits per heavy atom. The Hall–Kier alpha value is -1.68. The molecular weight excluding hydrogens is 244 g/mol. The Morgan fingerprint density at radius 3 is 2.61 bits per heavy atom. The maximum Gasteiger partial charge on any atom is 0.227 e. The van der Waals surface area contributed by atoms with Crippen molar-refractivity contribution in [3.05, 3.63) is 51.5 Å². The molecule has 0 atom stereocenters. The fraction of sp³-hybridized carbons (Fsp3) is 0.286. The van der Waals surface area contributed by atoms with E-state index >= 15 is 0 Å². The predicted octanol–water partition coefficient (Wildman–Crippen LogP) is 2.62. The quantitative estimate of drug-likeness (QED) is 0.918. The van der Waals surface area contributed by atoms with Crippen molar-refractivity contribution in [3.63, 3.8) is 0 Å². The lowest BCUT2D eigenvalue weighted by Gasteiger charge is -2.03. The van der Waals surface area contributed by atoms with Crippen LogP contribution in [0, 0.1) is 13.8 Å². The number of aromatic nitrogens is 1. The Morgan fingerprint density at radius 2 is 2.00 bits per heavy atom. The highest BCUT2D eigenvalue weighted by Crippen LogP contribution is 2.16. The largest absolute Gasteiger partial charge is 0.352 e. The van der Waals surface area contributed by atoms with Crippen LogP contribution in [0.3, 0.4) is 0 Å². The number of benzene rings is 1. The van der Waals surface area contributed by atoms with Gasteiger partial charge < -0.3 is 5.32 Å². The molecule has 0 saturated heterocycles. The van der Waals surface area contributed by atoms with Gasteiger partial charge in [-0.2, -0.15) is 0 Å². The smallest absolute Gasteiger partial charge is 0.227 e. The van der Waals surface area contributed by atoms with Crippen LogP contribution in [0.15, 0.2) is 30.3 Å². The summed E-state index contributed by atoms with van der Waals surface area (Å²) in [6.45, 7) is 4.57. The summed E-state index contributed by atoms with van der Waals surface area (Å²) in [7, 11) is 0. The molecule has 0 fully saturated rings. The number of thiazole rings is 1. The van der Waals surface area contributed by atoms with Gasteiger partial charge in [-0.1, -0.05) is 30.3 Å². The molecule has 1 amide bonds. The molecule has 1 aromatic heterocycles. The second kappa shape index (κ2) is 5.78. The van der Waals surface area contributed by atoms with Crippen LogP contribution < -0.4 is 5.32 Å². The fourth-order valence-corrected chi connectivity index (χ4v) is 2.54. The molecule has 0 saturated carbocycles. The molecule has 94 valence electrons. The Labute approximate surface area is 111 Å². The van der Waals surface area contributed by atoms with Gasteiger partial charge in [0.2, 0.25) is 5.91 Å². The van der Waals surface area contributed by atoms with Gasteiger partial charge in [0.25, 0.3) is 0 Å². The third kappa shape index (κ3) is 3.40. The number of carbonyl (C=O) groups excluding carboxylic acids is 1. The van der Waals surface area contributed by atoms with Gasteiger partial charge >= 0.3 is 0 Å². The molecule has 1 aromatic carbocycles. The lowest BCUT2D eigenvalue weighted by Crippen LogP contribution is -2.24. The third-order valence-corrected chi connectivity index (χ3v) is 3.79. The van der Waals surface area contributed by atoms with Gasteiger partial charge in [0.1, 0.15) is 5.01 Å². The summed E-state index contributed by atoms with van der Waals surface area (Å²) in [6, 6.07) is 9.90. The standard InChI is InChI=1S/C14H16N2OS/c1-10-11(2)18-14(16-10)8-13(17)15-9-12-6-4-3-5-7-12/h3-7H,8-9H2,1-2H3,(H,15,17). The monoisotopic (exact) mass is 260 g/mol. The minimum absolute atomic E-state index is 0.0209. The zero-order valence-electron chi connectivity index (χ0n) is 10.6. The summed E-state index contributed by atoms with van der Waals surface area (Å²) >= 11 is 1.59. The maximum absolute atomic E-state index is 11.8. The van der Waals surface area contributed by atoms with E-state index in [1.807, 2.05) is 44.2 Å². The van der Waals surface area contributed by atoms with Crippen LogP contribution in [0.5, 0.6) is 0 Å². The fourth-order valence-electron chi connectivity index (χ4n) is 1.61. The van der Waals surface area contributed by atoms with Gasteiger partial charge in [-0.3, -0.25) is 4.79 Å². The van der Waals surface area contributed by atoms with Crippen LogP contribution in [0.1, 0.15) is 21.1 Å². The van der Waals surface area contributed by atoms with E-state index in [-0.39, 0.29) is 5.91 Å². The number of rotatable bonds is 4. The van der Waals surface area contributed by atoms with Crippen molar-refractivity contribution >= 4 is 17.2 Å². The van der Waals surface area contributed by atoms with Crippen LogP contribution in [0.25, 0.3) is 0 Å². The second-order valence-electron chi connectivity index (χ2n) is 4.19. The summed E-state index contributed by atoms with van der Waals surface area (Å²) in [6.07, 6.45) is 0.367. The van der Waals surface area contributed by atoms with Crippen molar-refractivity contribution in [2.24, 2.45) is 0 Å². The van der Waals surface area contributed by atoms with Crippen molar-refractivity contribution in [2.45, 2.75) is 26.8 Å². The molecule has 0 radical (unpaired) electrons. The molecule has 0 bridgehead atoms. The van der Waals surface area contributed by atoms with Gasteiger partial charge in [-0.05, 0) is 19.4 Å². The van der Waals surface area contributed by atoms with Crippen molar-refractivity contribution in [1.29, 1.82) is 0 Å². The molecule has 2 aromatic rings. The molecule has 1 heterocycles. The number of nitrogens with zero attached hydrogens (tertiary/aromatic N) is 1. The number of hydrogen-bond donors (Lipinski definition) is 1. The van der Waals surface area contributed by atoms with Crippen LogP contribution in [-0.2, 0) is 17.8 Å². The summed E-state index contributed by atoms with van der Waals surface area (Å²) in [5, 5.41) is 3.79. The molecule has 1 N–H and O–H groups in total. The molecule has 18 heavy (non-hydrogen) atoms. The van der Waals surface area contributed by atoms with E-state index in [1.54, 1.807) is 11.3 Å². The minimum Gasteiger partial charge on any atom is -0.352 e. The first kappa shape index (κ1) is 12.8.